The van der Waals surface area contributed by atoms with Gasteiger partial charge in [0.1, 0.15) is 0 Å². The van der Waals surface area contributed by atoms with Gasteiger partial charge in [-0.15, -0.1) is 0 Å². The van der Waals surface area contributed by atoms with Crippen molar-refractivity contribution in [2.75, 3.05) is 5.75 Å². The van der Waals surface area contributed by atoms with Crippen LogP contribution < -0.4 is 5.32 Å². The first kappa shape index (κ1) is 31.5. The Hall–Kier alpha value is -4.06. The minimum Gasteiger partial charge on any atom is -0.481 e. The normalized spacial score (nSPS) is 13.0. The molecule has 0 unspecified atom stereocenters. The minimum atomic E-state index is -4.81. The Bertz CT molecular complexity index is 1400. The number of thioether (sulfide) groups is 1. The number of hydrogen-bond donors (Lipinski definition) is 2. The molecule has 0 aliphatic heterocycles. The van der Waals surface area contributed by atoms with Crippen LogP contribution in [-0.4, -0.2) is 28.5 Å². The summed E-state index contributed by atoms with van der Waals surface area (Å²) in [7, 11) is 0. The van der Waals surface area contributed by atoms with Crippen LogP contribution in [0.5, 0.6) is 0 Å². The molecule has 5 nitrogen and oxygen atoms in total. The number of carbonyl (C=O) groups is 3. The van der Waals surface area contributed by atoms with E-state index in [1.165, 1.54) is 17.8 Å². The molecule has 0 bridgehead atoms. The molecule has 0 fully saturated rings. The van der Waals surface area contributed by atoms with Crippen LogP contribution in [0, 0.1) is 5.92 Å². The van der Waals surface area contributed by atoms with Crippen molar-refractivity contribution in [3.8, 4) is 0 Å². The molecular weight excluding hydrogens is 572 g/mol. The van der Waals surface area contributed by atoms with Gasteiger partial charge in [-0.1, -0.05) is 48.5 Å². The number of Topliss-reactive ketones (excluding diaryl/α,β-unsaturated/α-hetero) is 1. The lowest BCUT2D eigenvalue weighted by Crippen LogP contribution is -2.30. The molecule has 3 aromatic rings. The third kappa shape index (κ3) is 9.24. The summed E-state index contributed by atoms with van der Waals surface area (Å²) < 4.78 is 79.4. The predicted octanol–water partition coefficient (Wildman–Crippen LogP) is 7.09. The van der Waals surface area contributed by atoms with E-state index in [1.807, 2.05) is 30.3 Å². The maximum atomic E-state index is 13.6. The number of nitrogens with one attached hydrogen (secondary N) is 1. The Morgan fingerprint density at radius 2 is 1.44 bits per heavy atom. The van der Waals surface area contributed by atoms with Gasteiger partial charge in [-0.25, -0.2) is 0 Å². The third-order valence-electron chi connectivity index (χ3n) is 5.80. The quantitative estimate of drug-likeness (QED) is 0.183. The van der Waals surface area contributed by atoms with Crippen molar-refractivity contribution >= 4 is 35.5 Å². The van der Waals surface area contributed by atoms with E-state index in [9.17, 15) is 45.8 Å². The van der Waals surface area contributed by atoms with Crippen LogP contribution in [0.15, 0.2) is 84.6 Å². The van der Waals surface area contributed by atoms with Crippen LogP contribution in [0.2, 0.25) is 0 Å². The maximum Gasteiger partial charge on any atom is 0.416 e. The number of hydrogen-bond acceptors (Lipinski definition) is 4. The summed E-state index contributed by atoms with van der Waals surface area (Å²) in [5, 5.41) is 11.8. The lowest BCUT2D eigenvalue weighted by molar-refractivity contribution is -0.142. The number of carbonyl (C=O) groups excluding carboxylic acids is 2. The SMILES string of the molecule is O=C(C[C@@H](CSCc1ccccc1)C(=O)O)/C(=C\c1ccccc1C(F)(F)F)NC(=O)c1ccc(C(F)(F)F)cc1. The average Bonchev–Trinajstić information content (AvgIpc) is 2.91. The number of ketones is 1. The van der Waals surface area contributed by atoms with E-state index >= 15 is 0 Å². The summed E-state index contributed by atoms with van der Waals surface area (Å²) in [5.74, 6) is -4.13. The van der Waals surface area contributed by atoms with Crippen LogP contribution in [0.25, 0.3) is 6.08 Å². The van der Waals surface area contributed by atoms with Crippen LogP contribution in [0.1, 0.15) is 39.0 Å². The standard InChI is InChI=1S/C29H23F6NO4S/c30-28(31,32)22-12-10-19(11-13-22)26(38)36-24(14-20-8-4-5-9-23(20)29(33,34)35)25(37)15-21(27(39)40)17-41-16-18-6-2-1-3-7-18/h1-14,21H,15-17H2,(H,36,38)(H,39,40)/b24-14+/t21-/m0/s1. The first-order chi connectivity index (χ1) is 19.3. The summed E-state index contributed by atoms with van der Waals surface area (Å²) in [5.41, 5.74) is -2.62. The smallest absolute Gasteiger partial charge is 0.416 e. The summed E-state index contributed by atoms with van der Waals surface area (Å²) in [6.45, 7) is 0. The Balaban J connectivity index is 1.88. The second-order valence-corrected chi connectivity index (χ2v) is 9.87. The molecule has 0 spiro atoms. The molecule has 0 radical (unpaired) electrons. The number of allylic oxidation sites excluding steroid dienone is 1. The lowest BCUT2D eigenvalue weighted by atomic mass is 9.99. The van der Waals surface area contributed by atoms with Crippen molar-refractivity contribution < 1.29 is 45.8 Å². The molecule has 0 saturated heterocycles. The fourth-order valence-electron chi connectivity index (χ4n) is 3.67. The lowest BCUT2D eigenvalue weighted by Gasteiger charge is -2.16. The van der Waals surface area contributed by atoms with Crippen molar-refractivity contribution in [3.63, 3.8) is 0 Å². The van der Waals surface area contributed by atoms with Crippen molar-refractivity contribution in [3.05, 3.63) is 112 Å². The van der Waals surface area contributed by atoms with Crippen molar-refractivity contribution in [1.82, 2.24) is 5.32 Å². The second kappa shape index (κ2) is 13.5. The molecule has 1 amide bonds. The second-order valence-electron chi connectivity index (χ2n) is 8.84. The number of rotatable bonds is 11. The van der Waals surface area contributed by atoms with Crippen molar-refractivity contribution in [2.24, 2.45) is 5.92 Å². The molecule has 41 heavy (non-hydrogen) atoms. The number of alkyl halides is 6. The number of aliphatic carboxylic acids is 1. The molecule has 216 valence electrons. The Morgan fingerprint density at radius 3 is 2.02 bits per heavy atom. The third-order valence-corrected chi connectivity index (χ3v) is 6.98. The minimum absolute atomic E-state index is 0.00473. The zero-order valence-electron chi connectivity index (χ0n) is 21.1. The number of amides is 1. The first-order valence-corrected chi connectivity index (χ1v) is 13.2. The molecule has 3 aromatic carbocycles. The number of benzene rings is 3. The fourth-order valence-corrected chi connectivity index (χ4v) is 4.76. The van der Waals surface area contributed by atoms with E-state index in [0.29, 0.717) is 17.9 Å². The van der Waals surface area contributed by atoms with Gasteiger partial charge in [0, 0.05) is 23.5 Å². The Kier molecular flexibility index (Phi) is 10.4. The van der Waals surface area contributed by atoms with E-state index in [4.69, 9.17) is 0 Å². The monoisotopic (exact) mass is 595 g/mol. The maximum absolute atomic E-state index is 13.6. The average molecular weight is 596 g/mol. The van der Waals surface area contributed by atoms with Crippen molar-refractivity contribution in [1.29, 1.82) is 0 Å². The van der Waals surface area contributed by atoms with Crippen LogP contribution in [0.3, 0.4) is 0 Å². The Morgan fingerprint density at radius 1 is 0.829 bits per heavy atom. The van der Waals surface area contributed by atoms with Crippen LogP contribution in [-0.2, 0) is 27.7 Å². The highest BCUT2D eigenvalue weighted by Crippen LogP contribution is 2.33. The Labute approximate surface area is 235 Å². The highest BCUT2D eigenvalue weighted by molar-refractivity contribution is 7.98. The molecule has 3 rings (SSSR count). The van der Waals surface area contributed by atoms with Gasteiger partial charge in [-0.05, 0) is 47.5 Å². The zero-order chi connectivity index (χ0) is 30.2. The summed E-state index contributed by atoms with van der Waals surface area (Å²) in [6.07, 6.45) is -9.34. The van der Waals surface area contributed by atoms with E-state index in [2.05, 4.69) is 5.32 Å². The molecule has 0 aliphatic rings. The highest BCUT2D eigenvalue weighted by atomic mass is 32.2. The molecule has 0 aliphatic carbocycles. The van der Waals surface area contributed by atoms with Gasteiger partial charge in [0.15, 0.2) is 5.78 Å². The van der Waals surface area contributed by atoms with Gasteiger partial charge >= 0.3 is 18.3 Å². The number of carboxylic acids is 1. The fraction of sp³-hybridized carbons (Fsp3) is 0.207. The van der Waals surface area contributed by atoms with E-state index in [-0.39, 0.29) is 11.3 Å². The van der Waals surface area contributed by atoms with Crippen molar-refractivity contribution in [2.45, 2.75) is 24.5 Å². The first-order valence-electron chi connectivity index (χ1n) is 12.0. The molecule has 0 heterocycles. The zero-order valence-corrected chi connectivity index (χ0v) is 21.9. The molecule has 0 saturated carbocycles. The van der Waals surface area contributed by atoms with Gasteiger partial charge in [0.25, 0.3) is 5.91 Å². The number of halogens is 6. The van der Waals surface area contributed by atoms with Gasteiger partial charge in [0.2, 0.25) is 0 Å². The van der Waals surface area contributed by atoms with Crippen LogP contribution in [0.4, 0.5) is 26.3 Å². The predicted molar refractivity (Wildman–Crippen MR) is 142 cm³/mol. The number of carboxylic acid groups (broad SMARTS) is 1. The molecular formula is C29H23F6NO4S. The molecule has 12 heteroatoms. The summed E-state index contributed by atoms with van der Waals surface area (Å²) >= 11 is 1.24. The van der Waals surface area contributed by atoms with Crippen LogP contribution >= 0.6 is 11.8 Å². The van der Waals surface area contributed by atoms with Gasteiger partial charge in [0.05, 0.1) is 22.7 Å². The highest BCUT2D eigenvalue weighted by Gasteiger charge is 2.33. The molecule has 1 atom stereocenters. The van der Waals surface area contributed by atoms with E-state index in [0.717, 1.165) is 42.0 Å². The topological polar surface area (TPSA) is 83.5 Å². The largest absolute Gasteiger partial charge is 0.481 e. The van der Waals surface area contributed by atoms with Gasteiger partial charge < -0.3 is 10.4 Å². The van der Waals surface area contributed by atoms with Gasteiger partial charge in [-0.2, -0.15) is 38.1 Å². The van der Waals surface area contributed by atoms with Gasteiger partial charge in [-0.3, -0.25) is 14.4 Å². The van der Waals surface area contributed by atoms with E-state index in [1.54, 1.807) is 0 Å². The molecule has 0 aromatic heterocycles. The summed E-state index contributed by atoms with van der Waals surface area (Å²) in [4.78, 5) is 37.9. The molecule has 2 N–H and O–H groups in total. The summed E-state index contributed by atoms with van der Waals surface area (Å²) in [6, 6.07) is 16.3. The van der Waals surface area contributed by atoms with E-state index < -0.39 is 64.7 Å².